The average Bonchev–Trinajstić information content (AvgIpc) is 3.16. The lowest BCUT2D eigenvalue weighted by Gasteiger charge is -2.17. The van der Waals surface area contributed by atoms with E-state index in [0.29, 0.717) is 12.1 Å². The van der Waals surface area contributed by atoms with E-state index in [1.54, 1.807) is 18.0 Å². The van der Waals surface area contributed by atoms with Crippen LogP contribution in [0.3, 0.4) is 0 Å². The lowest BCUT2D eigenvalue weighted by Crippen LogP contribution is -2.28. The number of aromatic nitrogens is 2. The Morgan fingerprint density at radius 1 is 1.07 bits per heavy atom. The first kappa shape index (κ1) is 21.1. The summed E-state index contributed by atoms with van der Waals surface area (Å²) in [5.74, 6) is 0.754. The standard InChI is InChI=1S/C22H27N3O3S/c1-22(2,3)21-20(16-25(24-21)18-10-6-5-7-11-18)29(26,27)23-14-13-17-9-8-12-19(15-17)28-4/h5-12,15-16,23H,13-14H2,1-4H3. The van der Waals surface area contributed by atoms with E-state index >= 15 is 0 Å². The van der Waals surface area contributed by atoms with Gasteiger partial charge in [-0.05, 0) is 36.2 Å². The Bertz CT molecular complexity index is 1070. The summed E-state index contributed by atoms with van der Waals surface area (Å²) >= 11 is 0. The number of hydrogen-bond acceptors (Lipinski definition) is 4. The van der Waals surface area contributed by atoms with Gasteiger partial charge in [0.2, 0.25) is 10.0 Å². The van der Waals surface area contributed by atoms with Crippen molar-refractivity contribution < 1.29 is 13.2 Å². The number of ether oxygens (including phenoxy) is 1. The molecule has 0 spiro atoms. The van der Waals surface area contributed by atoms with Crippen LogP contribution in [0.2, 0.25) is 0 Å². The van der Waals surface area contributed by atoms with E-state index < -0.39 is 15.4 Å². The number of methoxy groups -OCH3 is 1. The fourth-order valence-electron chi connectivity index (χ4n) is 3.02. The maximum atomic E-state index is 13.1. The van der Waals surface area contributed by atoms with Gasteiger partial charge in [-0.1, -0.05) is 51.1 Å². The van der Waals surface area contributed by atoms with Gasteiger partial charge in [-0.3, -0.25) is 0 Å². The first-order valence-electron chi connectivity index (χ1n) is 9.49. The first-order valence-corrected chi connectivity index (χ1v) is 11.0. The third-order valence-corrected chi connectivity index (χ3v) is 6.00. The molecule has 0 radical (unpaired) electrons. The molecular weight excluding hydrogens is 386 g/mol. The van der Waals surface area contributed by atoms with Crippen LogP contribution in [0, 0.1) is 0 Å². The molecular formula is C22H27N3O3S. The van der Waals surface area contributed by atoms with Crippen molar-refractivity contribution >= 4 is 10.0 Å². The van der Waals surface area contributed by atoms with Crippen molar-refractivity contribution in [2.45, 2.75) is 37.5 Å². The zero-order valence-electron chi connectivity index (χ0n) is 17.2. The Kier molecular flexibility index (Phi) is 6.10. The van der Waals surface area contributed by atoms with Gasteiger partial charge in [0.15, 0.2) is 0 Å². The van der Waals surface area contributed by atoms with Crippen molar-refractivity contribution in [3.63, 3.8) is 0 Å². The van der Waals surface area contributed by atoms with Gasteiger partial charge in [-0.25, -0.2) is 17.8 Å². The number of hydrogen-bond donors (Lipinski definition) is 1. The molecule has 6 nitrogen and oxygen atoms in total. The van der Waals surface area contributed by atoms with Crippen LogP contribution >= 0.6 is 0 Å². The number of para-hydroxylation sites is 1. The van der Waals surface area contributed by atoms with Crippen molar-refractivity contribution in [2.75, 3.05) is 13.7 Å². The monoisotopic (exact) mass is 413 g/mol. The van der Waals surface area contributed by atoms with Crippen molar-refractivity contribution in [1.29, 1.82) is 0 Å². The highest BCUT2D eigenvalue weighted by Gasteiger charge is 2.30. The number of nitrogens with zero attached hydrogens (tertiary/aromatic N) is 2. The molecule has 3 aromatic rings. The second kappa shape index (κ2) is 8.39. The summed E-state index contributed by atoms with van der Waals surface area (Å²) in [6.45, 7) is 6.16. The van der Waals surface area contributed by atoms with E-state index in [2.05, 4.69) is 9.82 Å². The molecule has 0 unspecified atom stereocenters. The summed E-state index contributed by atoms with van der Waals surface area (Å²) in [5, 5.41) is 4.59. The molecule has 0 atom stereocenters. The van der Waals surface area contributed by atoms with E-state index in [-0.39, 0.29) is 11.4 Å². The van der Waals surface area contributed by atoms with Crippen LogP contribution < -0.4 is 9.46 Å². The predicted octanol–water partition coefficient (Wildman–Crippen LogP) is 3.70. The number of nitrogens with one attached hydrogen (secondary N) is 1. The van der Waals surface area contributed by atoms with Gasteiger partial charge < -0.3 is 4.74 Å². The molecule has 0 aliphatic carbocycles. The molecule has 0 saturated carbocycles. The van der Waals surface area contributed by atoms with E-state index in [4.69, 9.17) is 4.74 Å². The van der Waals surface area contributed by atoms with Crippen molar-refractivity contribution in [3.05, 3.63) is 72.1 Å². The van der Waals surface area contributed by atoms with Gasteiger partial charge in [0.1, 0.15) is 10.6 Å². The third kappa shape index (κ3) is 5.05. The van der Waals surface area contributed by atoms with Crippen LogP contribution in [0.25, 0.3) is 5.69 Å². The molecule has 154 valence electrons. The summed E-state index contributed by atoms with van der Waals surface area (Å²) in [7, 11) is -2.10. The van der Waals surface area contributed by atoms with Crippen LogP contribution in [0.1, 0.15) is 32.0 Å². The van der Waals surface area contributed by atoms with E-state index in [1.165, 1.54) is 0 Å². The number of rotatable bonds is 7. The fraction of sp³-hybridized carbons (Fsp3) is 0.318. The second-order valence-corrected chi connectivity index (χ2v) is 9.61. The zero-order valence-corrected chi connectivity index (χ0v) is 18.0. The maximum Gasteiger partial charge on any atom is 0.244 e. The van der Waals surface area contributed by atoms with Crippen LogP contribution in [0.5, 0.6) is 5.75 Å². The van der Waals surface area contributed by atoms with Gasteiger partial charge in [0.05, 0.1) is 24.7 Å². The Balaban J connectivity index is 1.84. The molecule has 0 amide bonds. The molecule has 2 aromatic carbocycles. The van der Waals surface area contributed by atoms with Gasteiger partial charge in [-0.15, -0.1) is 0 Å². The molecule has 1 aromatic heterocycles. The third-order valence-electron chi connectivity index (χ3n) is 4.54. The van der Waals surface area contributed by atoms with Crippen molar-refractivity contribution in [1.82, 2.24) is 14.5 Å². The van der Waals surface area contributed by atoms with E-state index in [0.717, 1.165) is 17.0 Å². The summed E-state index contributed by atoms with van der Waals surface area (Å²) in [4.78, 5) is 0.208. The smallest absolute Gasteiger partial charge is 0.244 e. The topological polar surface area (TPSA) is 73.2 Å². The fourth-order valence-corrected chi connectivity index (χ4v) is 4.39. The molecule has 7 heteroatoms. The van der Waals surface area contributed by atoms with Crippen LogP contribution in [0.4, 0.5) is 0 Å². The molecule has 1 heterocycles. The minimum atomic E-state index is -3.71. The SMILES string of the molecule is COc1cccc(CCNS(=O)(=O)c2cn(-c3ccccc3)nc2C(C)(C)C)c1. The van der Waals surface area contributed by atoms with Crippen LogP contribution in [-0.2, 0) is 21.9 Å². The largest absolute Gasteiger partial charge is 0.497 e. The van der Waals surface area contributed by atoms with Gasteiger partial charge >= 0.3 is 0 Å². The van der Waals surface area contributed by atoms with Gasteiger partial charge in [0.25, 0.3) is 0 Å². The van der Waals surface area contributed by atoms with Crippen LogP contribution in [0.15, 0.2) is 65.7 Å². The summed E-state index contributed by atoms with van der Waals surface area (Å²) < 4.78 is 35.7. The molecule has 3 rings (SSSR count). The van der Waals surface area contributed by atoms with Crippen molar-refractivity contribution in [3.8, 4) is 11.4 Å². The Morgan fingerprint density at radius 2 is 1.79 bits per heavy atom. The molecule has 29 heavy (non-hydrogen) atoms. The van der Waals surface area contributed by atoms with Gasteiger partial charge in [-0.2, -0.15) is 5.10 Å². The molecule has 0 bridgehead atoms. The maximum absolute atomic E-state index is 13.1. The minimum absolute atomic E-state index is 0.208. The quantitative estimate of drug-likeness (QED) is 0.641. The summed E-state index contributed by atoms with van der Waals surface area (Å²) in [6, 6.07) is 17.1. The van der Waals surface area contributed by atoms with E-state index in [9.17, 15) is 8.42 Å². The molecule has 0 fully saturated rings. The van der Waals surface area contributed by atoms with Gasteiger partial charge in [0, 0.05) is 12.0 Å². The molecule has 1 N–H and O–H groups in total. The molecule has 0 aliphatic rings. The average molecular weight is 414 g/mol. The van der Waals surface area contributed by atoms with Crippen LogP contribution in [-0.4, -0.2) is 31.9 Å². The minimum Gasteiger partial charge on any atom is -0.497 e. The zero-order chi connectivity index (χ0) is 21.1. The first-order chi connectivity index (χ1) is 13.7. The van der Waals surface area contributed by atoms with Crippen molar-refractivity contribution in [2.24, 2.45) is 0 Å². The highest BCUT2D eigenvalue weighted by atomic mass is 32.2. The summed E-state index contributed by atoms with van der Waals surface area (Å²) in [6.07, 6.45) is 2.15. The number of sulfonamides is 1. The molecule has 0 aliphatic heterocycles. The molecule has 0 saturated heterocycles. The Hall–Kier alpha value is -2.64. The van der Waals surface area contributed by atoms with E-state index in [1.807, 2.05) is 75.4 Å². The highest BCUT2D eigenvalue weighted by molar-refractivity contribution is 7.89. The Labute approximate surface area is 172 Å². The summed E-state index contributed by atoms with van der Waals surface area (Å²) in [5.41, 5.74) is 1.94. The Morgan fingerprint density at radius 3 is 2.45 bits per heavy atom. The normalized spacial score (nSPS) is 12.1. The lowest BCUT2D eigenvalue weighted by atomic mass is 9.92. The second-order valence-electron chi connectivity index (χ2n) is 7.87. The predicted molar refractivity (Wildman–Crippen MR) is 114 cm³/mol. The lowest BCUT2D eigenvalue weighted by molar-refractivity contribution is 0.414. The highest BCUT2D eigenvalue weighted by Crippen LogP contribution is 2.28. The number of benzene rings is 2.